The molecule has 6 nitrogen and oxygen atoms in total. The Morgan fingerprint density at radius 1 is 1.00 bits per heavy atom. The minimum absolute atomic E-state index is 0.336. The molecule has 0 unspecified atom stereocenters. The van der Waals surface area contributed by atoms with Crippen LogP contribution in [0.5, 0.6) is 5.75 Å². The van der Waals surface area contributed by atoms with Crippen LogP contribution in [0.1, 0.15) is 11.1 Å². The fourth-order valence-corrected chi connectivity index (χ4v) is 3.80. The third-order valence-corrected chi connectivity index (χ3v) is 5.34. The van der Waals surface area contributed by atoms with Crippen LogP contribution in [0.4, 0.5) is 5.69 Å². The lowest BCUT2D eigenvalue weighted by atomic mass is 10.0. The quantitative estimate of drug-likeness (QED) is 0.721. The summed E-state index contributed by atoms with van der Waals surface area (Å²) in [6.07, 6.45) is 0. The van der Waals surface area contributed by atoms with E-state index in [4.69, 9.17) is 21.1 Å². The first-order valence-electron chi connectivity index (χ1n) is 9.37. The van der Waals surface area contributed by atoms with Crippen LogP contribution in [0.15, 0.2) is 48.2 Å². The summed E-state index contributed by atoms with van der Waals surface area (Å²) in [6, 6.07) is 12.5. The minimum Gasteiger partial charge on any atom is -0.495 e. The first-order valence-corrected chi connectivity index (χ1v) is 9.75. The number of hydrogen-bond donors (Lipinski definition) is 0. The predicted molar refractivity (Wildman–Crippen MR) is 111 cm³/mol. The number of imide groups is 1. The molecule has 0 aliphatic carbocycles. The highest BCUT2D eigenvalue weighted by Gasteiger charge is 2.43. The molecule has 0 aromatic heterocycles. The number of methoxy groups -OCH3 is 1. The minimum atomic E-state index is -0.388. The number of morpholine rings is 1. The van der Waals surface area contributed by atoms with Crippen LogP contribution in [-0.4, -0.2) is 50.1 Å². The van der Waals surface area contributed by atoms with Crippen LogP contribution in [-0.2, 0) is 14.3 Å². The van der Waals surface area contributed by atoms with Gasteiger partial charge >= 0.3 is 0 Å². The summed E-state index contributed by atoms with van der Waals surface area (Å²) in [5, 5.41) is 0.415. The van der Waals surface area contributed by atoms with Crippen LogP contribution in [0.25, 0.3) is 5.57 Å². The Kier molecular flexibility index (Phi) is 5.30. The average Bonchev–Trinajstić information content (AvgIpc) is 2.99. The van der Waals surface area contributed by atoms with Crippen molar-refractivity contribution in [2.75, 3.05) is 38.3 Å². The summed E-state index contributed by atoms with van der Waals surface area (Å²) in [6.45, 7) is 4.08. The molecule has 0 N–H and O–H groups in total. The van der Waals surface area contributed by atoms with Gasteiger partial charge in [-0.05, 0) is 30.7 Å². The Hall–Kier alpha value is -2.83. The number of hydrogen-bond acceptors (Lipinski definition) is 5. The summed E-state index contributed by atoms with van der Waals surface area (Å²) in [5.74, 6) is -0.364. The summed E-state index contributed by atoms with van der Waals surface area (Å²) in [7, 11) is 1.50. The first-order chi connectivity index (χ1) is 14.0. The molecule has 29 heavy (non-hydrogen) atoms. The van der Waals surface area contributed by atoms with Crippen molar-refractivity contribution in [1.29, 1.82) is 0 Å². The van der Waals surface area contributed by atoms with E-state index in [1.165, 1.54) is 7.11 Å². The molecule has 4 rings (SSSR count). The fraction of sp³-hybridized carbons (Fsp3) is 0.273. The van der Waals surface area contributed by atoms with Gasteiger partial charge in [-0.3, -0.25) is 9.59 Å². The third-order valence-electron chi connectivity index (χ3n) is 5.11. The van der Waals surface area contributed by atoms with Gasteiger partial charge in [0.1, 0.15) is 11.4 Å². The number of carbonyl (C=O) groups excluding carboxylic acids is 2. The van der Waals surface area contributed by atoms with Crippen molar-refractivity contribution in [3.63, 3.8) is 0 Å². The zero-order chi connectivity index (χ0) is 20.5. The highest BCUT2D eigenvalue weighted by Crippen LogP contribution is 2.39. The van der Waals surface area contributed by atoms with E-state index in [1.54, 1.807) is 18.2 Å². The van der Waals surface area contributed by atoms with Crippen molar-refractivity contribution in [2.24, 2.45) is 0 Å². The smallest absolute Gasteiger partial charge is 0.282 e. The van der Waals surface area contributed by atoms with Crippen LogP contribution in [0.2, 0.25) is 5.02 Å². The van der Waals surface area contributed by atoms with Crippen LogP contribution >= 0.6 is 11.6 Å². The number of amides is 2. The summed E-state index contributed by atoms with van der Waals surface area (Å²) < 4.78 is 10.8. The third kappa shape index (κ3) is 3.50. The zero-order valence-electron chi connectivity index (χ0n) is 16.3. The van der Waals surface area contributed by atoms with Crippen molar-refractivity contribution in [2.45, 2.75) is 6.92 Å². The van der Waals surface area contributed by atoms with Crippen LogP contribution in [0, 0.1) is 6.92 Å². The van der Waals surface area contributed by atoms with Crippen molar-refractivity contribution >= 4 is 34.7 Å². The molecule has 2 amide bonds. The maximum atomic E-state index is 13.5. The number of aryl methyl sites for hydroxylation is 1. The molecular weight excluding hydrogens is 392 g/mol. The normalized spacial score (nSPS) is 17.3. The van der Waals surface area contributed by atoms with Gasteiger partial charge in [0.15, 0.2) is 0 Å². The molecule has 2 heterocycles. The van der Waals surface area contributed by atoms with Gasteiger partial charge in [-0.1, -0.05) is 41.4 Å². The zero-order valence-corrected chi connectivity index (χ0v) is 17.0. The lowest BCUT2D eigenvalue weighted by Gasteiger charge is -2.29. The lowest BCUT2D eigenvalue weighted by Crippen LogP contribution is -2.40. The molecule has 0 atom stereocenters. The Morgan fingerprint density at radius 2 is 1.69 bits per heavy atom. The summed E-state index contributed by atoms with van der Waals surface area (Å²) >= 11 is 6.16. The molecular formula is C22H21ClN2O4. The van der Waals surface area contributed by atoms with E-state index in [0.29, 0.717) is 59.6 Å². The number of ether oxygens (including phenoxy) is 2. The highest BCUT2D eigenvalue weighted by molar-refractivity contribution is 6.46. The van der Waals surface area contributed by atoms with Crippen molar-refractivity contribution in [1.82, 2.24) is 4.90 Å². The van der Waals surface area contributed by atoms with Crippen LogP contribution in [0.3, 0.4) is 0 Å². The van der Waals surface area contributed by atoms with E-state index in [1.807, 2.05) is 36.1 Å². The van der Waals surface area contributed by atoms with Crippen molar-refractivity contribution < 1.29 is 19.1 Å². The van der Waals surface area contributed by atoms with Gasteiger partial charge in [-0.2, -0.15) is 0 Å². The predicted octanol–water partition coefficient (Wildman–Crippen LogP) is 3.27. The molecule has 2 aromatic rings. The second kappa shape index (κ2) is 7.89. The van der Waals surface area contributed by atoms with E-state index < -0.39 is 0 Å². The van der Waals surface area contributed by atoms with Gasteiger partial charge in [0.25, 0.3) is 11.8 Å². The maximum absolute atomic E-state index is 13.5. The summed E-state index contributed by atoms with van der Waals surface area (Å²) in [5.41, 5.74) is 2.90. The largest absolute Gasteiger partial charge is 0.495 e. The van der Waals surface area contributed by atoms with E-state index in [-0.39, 0.29) is 11.8 Å². The Balaban J connectivity index is 1.86. The molecule has 2 aliphatic rings. The van der Waals surface area contributed by atoms with Gasteiger partial charge in [0.2, 0.25) is 0 Å². The summed E-state index contributed by atoms with van der Waals surface area (Å²) in [4.78, 5) is 30.1. The number of nitrogens with zero attached hydrogens (tertiary/aromatic N) is 2. The van der Waals surface area contributed by atoms with Crippen molar-refractivity contribution in [3.05, 3.63) is 64.3 Å². The number of benzene rings is 2. The number of carbonyl (C=O) groups is 2. The number of halogens is 1. The lowest BCUT2D eigenvalue weighted by molar-refractivity contribution is -0.121. The molecule has 1 fully saturated rings. The van der Waals surface area contributed by atoms with Gasteiger partial charge in [-0.15, -0.1) is 0 Å². The Bertz CT molecular complexity index is 994. The Morgan fingerprint density at radius 3 is 2.34 bits per heavy atom. The molecule has 2 aromatic carbocycles. The van der Waals surface area contributed by atoms with Gasteiger partial charge in [-0.25, -0.2) is 4.90 Å². The van der Waals surface area contributed by atoms with Gasteiger partial charge < -0.3 is 14.4 Å². The number of anilines is 1. The van der Waals surface area contributed by atoms with E-state index in [2.05, 4.69) is 0 Å². The maximum Gasteiger partial charge on any atom is 0.282 e. The molecule has 0 saturated carbocycles. The molecule has 1 saturated heterocycles. The standard InChI is InChI=1S/C22H21ClN2O4/c1-14-3-5-15(6-4-14)19-20(24-9-11-29-12-10-24)22(27)25(21(19)26)17-13-16(23)7-8-18(17)28-2/h3-8,13H,9-12H2,1-2H3. The number of rotatable bonds is 4. The monoisotopic (exact) mass is 412 g/mol. The van der Waals surface area contributed by atoms with Crippen molar-refractivity contribution in [3.8, 4) is 5.75 Å². The topological polar surface area (TPSA) is 59.1 Å². The fourth-order valence-electron chi connectivity index (χ4n) is 3.64. The van der Waals surface area contributed by atoms with E-state index >= 15 is 0 Å². The van der Waals surface area contributed by atoms with Crippen LogP contribution < -0.4 is 9.64 Å². The highest BCUT2D eigenvalue weighted by atomic mass is 35.5. The molecule has 0 radical (unpaired) electrons. The second-order valence-corrected chi connectivity index (χ2v) is 7.39. The van der Waals surface area contributed by atoms with Gasteiger partial charge in [0, 0.05) is 18.1 Å². The first kappa shape index (κ1) is 19.5. The molecule has 0 bridgehead atoms. The second-order valence-electron chi connectivity index (χ2n) is 6.95. The van der Waals surface area contributed by atoms with Gasteiger partial charge in [0.05, 0.1) is 31.6 Å². The molecule has 2 aliphatic heterocycles. The molecule has 0 spiro atoms. The molecule has 150 valence electrons. The van der Waals surface area contributed by atoms with E-state index in [0.717, 1.165) is 10.5 Å². The molecule has 7 heteroatoms. The SMILES string of the molecule is COc1ccc(Cl)cc1N1C(=O)C(c2ccc(C)cc2)=C(N2CCOCC2)C1=O. The van der Waals surface area contributed by atoms with E-state index in [9.17, 15) is 9.59 Å². The Labute approximate surface area is 174 Å². The average molecular weight is 413 g/mol.